The molecule has 6 nitrogen and oxygen atoms in total. The van der Waals surface area contributed by atoms with Gasteiger partial charge < -0.3 is 15.1 Å². The van der Waals surface area contributed by atoms with Crippen molar-refractivity contribution in [1.82, 2.24) is 14.9 Å². The Morgan fingerprint density at radius 2 is 1.88 bits per heavy atom. The number of benzene rings is 1. The maximum absolute atomic E-state index is 10.8. The molecule has 1 amide bonds. The quantitative estimate of drug-likeness (QED) is 0.814. The molecular formula is C17H20BrN5O. The number of carbonyl (C=O) groups excluding carboxylic acids is 1. The molecule has 126 valence electrons. The van der Waals surface area contributed by atoms with Crippen LogP contribution >= 0.6 is 15.9 Å². The summed E-state index contributed by atoms with van der Waals surface area (Å²) in [7, 11) is 0. The van der Waals surface area contributed by atoms with Gasteiger partial charge in [-0.3, -0.25) is 4.79 Å². The fourth-order valence-electron chi connectivity index (χ4n) is 2.74. The van der Waals surface area contributed by atoms with Crippen molar-refractivity contribution in [2.45, 2.75) is 13.8 Å². The van der Waals surface area contributed by atoms with Gasteiger partial charge in [-0.1, -0.05) is 15.9 Å². The van der Waals surface area contributed by atoms with E-state index >= 15 is 0 Å². The lowest BCUT2D eigenvalue weighted by Gasteiger charge is -2.33. The topological polar surface area (TPSA) is 61.4 Å². The summed E-state index contributed by atoms with van der Waals surface area (Å²) in [6.07, 6.45) is 0.909. The smallest absolute Gasteiger partial charge is 0.209 e. The fourth-order valence-corrected chi connectivity index (χ4v) is 3.22. The van der Waals surface area contributed by atoms with Gasteiger partial charge in [-0.2, -0.15) is 0 Å². The number of anilines is 3. The number of aryl methyl sites for hydroxylation is 2. The van der Waals surface area contributed by atoms with E-state index in [0.29, 0.717) is 0 Å². The van der Waals surface area contributed by atoms with Gasteiger partial charge in [0.1, 0.15) is 17.5 Å². The van der Waals surface area contributed by atoms with Gasteiger partial charge in [0.25, 0.3) is 0 Å². The van der Waals surface area contributed by atoms with Gasteiger partial charge in [-0.25, -0.2) is 9.97 Å². The van der Waals surface area contributed by atoms with Gasteiger partial charge in [0.2, 0.25) is 6.41 Å². The summed E-state index contributed by atoms with van der Waals surface area (Å²) in [5.74, 6) is 2.40. The van der Waals surface area contributed by atoms with Crippen molar-refractivity contribution in [2.24, 2.45) is 0 Å². The fraction of sp³-hybridized carbons (Fsp3) is 0.353. The highest BCUT2D eigenvalue weighted by Gasteiger charge is 2.18. The minimum atomic E-state index is 0.723. The van der Waals surface area contributed by atoms with Gasteiger partial charge in [0.15, 0.2) is 0 Å². The van der Waals surface area contributed by atoms with E-state index < -0.39 is 0 Å². The SMILES string of the molecule is Cc1nc(Nc2ccc(Br)cc2C)cc(N2CCN(C=O)CC2)n1. The molecule has 2 aromatic rings. The summed E-state index contributed by atoms with van der Waals surface area (Å²) >= 11 is 3.48. The molecule has 1 aromatic heterocycles. The third-order valence-electron chi connectivity index (χ3n) is 4.06. The van der Waals surface area contributed by atoms with Crippen molar-refractivity contribution in [3.05, 3.63) is 40.1 Å². The van der Waals surface area contributed by atoms with E-state index in [4.69, 9.17) is 0 Å². The highest BCUT2D eigenvalue weighted by Crippen LogP contribution is 2.25. The summed E-state index contributed by atoms with van der Waals surface area (Å²) in [6, 6.07) is 8.06. The third kappa shape index (κ3) is 3.84. The van der Waals surface area contributed by atoms with E-state index in [-0.39, 0.29) is 0 Å². The molecule has 0 unspecified atom stereocenters. The Morgan fingerprint density at radius 3 is 2.54 bits per heavy atom. The Morgan fingerprint density at radius 1 is 1.12 bits per heavy atom. The van der Waals surface area contributed by atoms with Crippen LogP contribution in [0.5, 0.6) is 0 Å². The predicted molar refractivity (Wildman–Crippen MR) is 98.8 cm³/mol. The van der Waals surface area contributed by atoms with Crippen LogP contribution in [0.15, 0.2) is 28.7 Å². The van der Waals surface area contributed by atoms with Crippen LogP contribution in [0.25, 0.3) is 0 Å². The second kappa shape index (κ2) is 7.17. The number of carbonyl (C=O) groups is 1. The number of amides is 1. The maximum atomic E-state index is 10.8. The van der Waals surface area contributed by atoms with Gasteiger partial charge in [0, 0.05) is 42.4 Å². The molecule has 2 heterocycles. The molecule has 1 fully saturated rings. The number of hydrogen-bond acceptors (Lipinski definition) is 5. The highest BCUT2D eigenvalue weighted by molar-refractivity contribution is 9.10. The molecule has 0 radical (unpaired) electrons. The summed E-state index contributed by atoms with van der Waals surface area (Å²) < 4.78 is 1.05. The summed E-state index contributed by atoms with van der Waals surface area (Å²) in [4.78, 5) is 23.9. The Kier molecular flexibility index (Phi) is 4.99. The van der Waals surface area contributed by atoms with Crippen molar-refractivity contribution in [3.8, 4) is 0 Å². The lowest BCUT2D eigenvalue weighted by Crippen LogP contribution is -2.46. The zero-order valence-corrected chi connectivity index (χ0v) is 15.4. The molecule has 0 spiro atoms. The molecule has 1 aromatic carbocycles. The summed E-state index contributed by atoms with van der Waals surface area (Å²) in [6.45, 7) is 6.96. The Bertz CT molecular complexity index is 744. The summed E-state index contributed by atoms with van der Waals surface area (Å²) in [5, 5.41) is 3.37. The standard InChI is InChI=1S/C17H20BrN5O/c1-12-9-14(18)3-4-15(12)21-16-10-17(20-13(2)19-16)23-7-5-22(11-24)6-8-23/h3-4,9-11H,5-8H2,1-2H3,(H,19,20,21). The first-order valence-electron chi connectivity index (χ1n) is 7.88. The molecule has 24 heavy (non-hydrogen) atoms. The van der Waals surface area contributed by atoms with Crippen molar-refractivity contribution in [3.63, 3.8) is 0 Å². The Labute approximate surface area is 150 Å². The normalized spacial score (nSPS) is 14.6. The maximum Gasteiger partial charge on any atom is 0.209 e. The zero-order valence-electron chi connectivity index (χ0n) is 13.8. The van der Waals surface area contributed by atoms with Crippen LogP contribution in [0.1, 0.15) is 11.4 Å². The lowest BCUT2D eigenvalue weighted by molar-refractivity contribution is -0.118. The molecule has 0 saturated carbocycles. The van der Waals surface area contributed by atoms with Crippen LogP contribution in [0.4, 0.5) is 17.3 Å². The zero-order chi connectivity index (χ0) is 17.1. The molecule has 1 aliphatic rings. The second-order valence-electron chi connectivity index (χ2n) is 5.87. The van der Waals surface area contributed by atoms with E-state index in [1.54, 1.807) is 4.90 Å². The molecule has 1 aliphatic heterocycles. The predicted octanol–water partition coefficient (Wildman–Crippen LogP) is 2.88. The van der Waals surface area contributed by atoms with Gasteiger partial charge in [-0.05, 0) is 37.6 Å². The number of nitrogens with zero attached hydrogens (tertiary/aromatic N) is 4. The van der Waals surface area contributed by atoms with Crippen molar-refractivity contribution < 1.29 is 4.79 Å². The Hall–Kier alpha value is -2.15. The number of aromatic nitrogens is 2. The Balaban J connectivity index is 1.80. The average molecular weight is 390 g/mol. The average Bonchev–Trinajstić information content (AvgIpc) is 2.57. The van der Waals surface area contributed by atoms with Crippen molar-refractivity contribution in [1.29, 1.82) is 0 Å². The molecule has 0 bridgehead atoms. The third-order valence-corrected chi connectivity index (χ3v) is 4.56. The van der Waals surface area contributed by atoms with Gasteiger partial charge >= 0.3 is 0 Å². The number of hydrogen-bond donors (Lipinski definition) is 1. The minimum Gasteiger partial charge on any atom is -0.353 e. The molecule has 7 heteroatoms. The van der Waals surface area contributed by atoms with Gasteiger partial charge in [0.05, 0.1) is 0 Å². The number of nitrogens with one attached hydrogen (secondary N) is 1. The van der Waals surface area contributed by atoms with E-state index in [0.717, 1.165) is 65.8 Å². The highest BCUT2D eigenvalue weighted by atomic mass is 79.9. The van der Waals surface area contributed by atoms with Gasteiger partial charge in [-0.15, -0.1) is 0 Å². The number of piperazine rings is 1. The van der Waals surface area contributed by atoms with Crippen molar-refractivity contribution >= 4 is 39.7 Å². The lowest BCUT2D eigenvalue weighted by atomic mass is 10.2. The van der Waals surface area contributed by atoms with Crippen LogP contribution in [-0.4, -0.2) is 47.5 Å². The first-order valence-corrected chi connectivity index (χ1v) is 8.67. The van der Waals surface area contributed by atoms with Crippen LogP contribution < -0.4 is 10.2 Å². The van der Waals surface area contributed by atoms with Crippen LogP contribution in [-0.2, 0) is 4.79 Å². The molecule has 1 saturated heterocycles. The summed E-state index contributed by atoms with van der Waals surface area (Å²) in [5.41, 5.74) is 2.16. The van der Waals surface area contributed by atoms with Crippen molar-refractivity contribution in [2.75, 3.05) is 36.4 Å². The molecule has 1 N–H and O–H groups in total. The van der Waals surface area contributed by atoms with Crippen LogP contribution in [0.3, 0.4) is 0 Å². The van der Waals surface area contributed by atoms with Crippen LogP contribution in [0, 0.1) is 13.8 Å². The molecule has 0 aliphatic carbocycles. The van der Waals surface area contributed by atoms with E-state index in [1.807, 2.05) is 25.1 Å². The second-order valence-corrected chi connectivity index (χ2v) is 6.79. The monoisotopic (exact) mass is 389 g/mol. The molecule has 3 rings (SSSR count). The molecular weight excluding hydrogens is 370 g/mol. The first kappa shape index (κ1) is 16.7. The van der Waals surface area contributed by atoms with E-state index in [2.05, 4.69) is 49.1 Å². The minimum absolute atomic E-state index is 0.723. The number of rotatable bonds is 4. The largest absolute Gasteiger partial charge is 0.353 e. The molecule has 0 atom stereocenters. The van der Waals surface area contributed by atoms with E-state index in [9.17, 15) is 4.79 Å². The van der Waals surface area contributed by atoms with E-state index in [1.165, 1.54) is 0 Å². The first-order chi connectivity index (χ1) is 11.5. The number of halogens is 1. The van der Waals surface area contributed by atoms with Crippen LogP contribution in [0.2, 0.25) is 0 Å².